The van der Waals surface area contributed by atoms with Gasteiger partial charge in [-0.15, -0.1) is 0 Å². The quantitative estimate of drug-likeness (QED) is 0.794. The zero-order chi connectivity index (χ0) is 13.0. The number of hydrogen-bond donors (Lipinski definition) is 1. The first-order valence-electron chi connectivity index (χ1n) is 7.35. The van der Waals surface area contributed by atoms with E-state index in [1.165, 1.54) is 37.1 Å². The molecule has 1 aliphatic carbocycles. The summed E-state index contributed by atoms with van der Waals surface area (Å²) >= 11 is 0. The van der Waals surface area contributed by atoms with Crippen molar-refractivity contribution in [1.29, 1.82) is 0 Å². The molecule has 0 heterocycles. The lowest BCUT2D eigenvalue weighted by Crippen LogP contribution is -2.26. The van der Waals surface area contributed by atoms with Crippen LogP contribution in [0.5, 0.6) is 0 Å². The molecule has 2 nitrogen and oxygen atoms in total. The van der Waals surface area contributed by atoms with Crippen LogP contribution in [0.4, 0.5) is 5.69 Å². The summed E-state index contributed by atoms with van der Waals surface area (Å²) < 4.78 is 0. The molecule has 1 aromatic carbocycles. The second kappa shape index (κ2) is 6.24. The van der Waals surface area contributed by atoms with Crippen LogP contribution in [-0.2, 0) is 0 Å². The Labute approximate surface area is 111 Å². The lowest BCUT2D eigenvalue weighted by molar-refractivity contribution is 0.694. The minimum absolute atomic E-state index is 0.183. The molecule has 1 fully saturated rings. The average Bonchev–Trinajstić information content (AvgIpc) is 3.21. The summed E-state index contributed by atoms with van der Waals surface area (Å²) in [7, 11) is 0. The standard InChI is InChI=1S/C16H26N2/c1-3-11-18(12-13-5-6-13)15-9-7-14(8-10-15)16(17)4-2/h7-10,13,16H,3-6,11-12,17H2,1-2H3. The summed E-state index contributed by atoms with van der Waals surface area (Å²) in [5.74, 6) is 0.939. The Bertz CT molecular complexity index is 354. The van der Waals surface area contributed by atoms with E-state index in [9.17, 15) is 0 Å². The van der Waals surface area contributed by atoms with E-state index in [1.54, 1.807) is 0 Å². The molecule has 1 atom stereocenters. The largest absolute Gasteiger partial charge is 0.371 e. The molecular weight excluding hydrogens is 220 g/mol. The van der Waals surface area contributed by atoms with Gasteiger partial charge in [0.15, 0.2) is 0 Å². The number of nitrogens with two attached hydrogens (primary N) is 1. The van der Waals surface area contributed by atoms with Crippen LogP contribution in [-0.4, -0.2) is 13.1 Å². The Balaban J connectivity index is 2.04. The zero-order valence-corrected chi connectivity index (χ0v) is 11.7. The Morgan fingerprint density at radius 3 is 2.39 bits per heavy atom. The second-order valence-corrected chi connectivity index (χ2v) is 5.50. The van der Waals surface area contributed by atoms with Gasteiger partial charge >= 0.3 is 0 Å². The van der Waals surface area contributed by atoms with Crippen LogP contribution in [0.1, 0.15) is 51.1 Å². The second-order valence-electron chi connectivity index (χ2n) is 5.50. The Morgan fingerprint density at radius 2 is 1.89 bits per heavy atom. The van der Waals surface area contributed by atoms with Gasteiger partial charge in [0.05, 0.1) is 0 Å². The van der Waals surface area contributed by atoms with E-state index >= 15 is 0 Å². The lowest BCUT2D eigenvalue weighted by Gasteiger charge is -2.25. The topological polar surface area (TPSA) is 29.3 Å². The Hall–Kier alpha value is -1.02. The molecule has 0 radical (unpaired) electrons. The number of rotatable bonds is 7. The molecule has 2 N–H and O–H groups in total. The zero-order valence-electron chi connectivity index (χ0n) is 11.7. The minimum atomic E-state index is 0.183. The van der Waals surface area contributed by atoms with Crippen molar-refractivity contribution < 1.29 is 0 Å². The fourth-order valence-electron chi connectivity index (χ4n) is 2.38. The predicted molar refractivity (Wildman–Crippen MR) is 78.9 cm³/mol. The number of anilines is 1. The molecule has 2 rings (SSSR count). The van der Waals surface area contributed by atoms with Crippen molar-refractivity contribution >= 4 is 5.69 Å². The molecule has 100 valence electrons. The van der Waals surface area contributed by atoms with Crippen LogP contribution in [0.2, 0.25) is 0 Å². The molecule has 18 heavy (non-hydrogen) atoms. The van der Waals surface area contributed by atoms with Crippen LogP contribution in [0.15, 0.2) is 24.3 Å². The molecule has 0 aromatic heterocycles. The molecule has 1 aromatic rings. The van der Waals surface area contributed by atoms with Crippen LogP contribution in [0.25, 0.3) is 0 Å². The fraction of sp³-hybridized carbons (Fsp3) is 0.625. The van der Waals surface area contributed by atoms with Gasteiger partial charge in [0.1, 0.15) is 0 Å². The smallest absolute Gasteiger partial charge is 0.0366 e. The van der Waals surface area contributed by atoms with Gasteiger partial charge < -0.3 is 10.6 Å². The molecule has 0 bridgehead atoms. The van der Waals surface area contributed by atoms with E-state index in [1.807, 2.05) is 0 Å². The first-order valence-corrected chi connectivity index (χ1v) is 7.35. The lowest BCUT2D eigenvalue weighted by atomic mass is 10.0. The average molecular weight is 246 g/mol. The molecule has 1 unspecified atom stereocenters. The van der Waals surface area contributed by atoms with Gasteiger partial charge in [-0.2, -0.15) is 0 Å². The third kappa shape index (κ3) is 3.49. The van der Waals surface area contributed by atoms with Gasteiger partial charge in [-0.25, -0.2) is 0 Å². The van der Waals surface area contributed by atoms with Crippen LogP contribution >= 0.6 is 0 Å². The molecule has 0 saturated heterocycles. The van der Waals surface area contributed by atoms with Gasteiger partial charge in [-0.05, 0) is 49.3 Å². The normalized spacial score (nSPS) is 16.6. The van der Waals surface area contributed by atoms with Crippen LogP contribution in [0.3, 0.4) is 0 Å². The summed E-state index contributed by atoms with van der Waals surface area (Å²) in [5, 5.41) is 0. The molecule has 0 amide bonds. The minimum Gasteiger partial charge on any atom is -0.371 e. The number of benzene rings is 1. The summed E-state index contributed by atoms with van der Waals surface area (Å²) in [6, 6.07) is 9.05. The van der Waals surface area contributed by atoms with Crippen molar-refractivity contribution in [2.75, 3.05) is 18.0 Å². The Kier molecular flexibility index (Phi) is 4.65. The van der Waals surface area contributed by atoms with E-state index in [4.69, 9.17) is 5.73 Å². The maximum Gasteiger partial charge on any atom is 0.0366 e. The van der Waals surface area contributed by atoms with E-state index in [0.717, 1.165) is 18.9 Å². The molecule has 2 heteroatoms. The number of hydrogen-bond acceptors (Lipinski definition) is 2. The Morgan fingerprint density at radius 1 is 1.22 bits per heavy atom. The third-order valence-corrected chi connectivity index (χ3v) is 3.80. The highest BCUT2D eigenvalue weighted by atomic mass is 15.1. The first-order chi connectivity index (χ1) is 8.74. The van der Waals surface area contributed by atoms with Crippen LogP contribution < -0.4 is 10.6 Å². The van der Waals surface area contributed by atoms with Crippen molar-refractivity contribution in [2.45, 2.75) is 45.6 Å². The van der Waals surface area contributed by atoms with Gasteiger partial charge in [0, 0.05) is 24.8 Å². The summed E-state index contributed by atoms with van der Waals surface area (Å²) in [6.45, 7) is 6.78. The van der Waals surface area contributed by atoms with E-state index in [-0.39, 0.29) is 6.04 Å². The van der Waals surface area contributed by atoms with Gasteiger partial charge in [0.2, 0.25) is 0 Å². The highest BCUT2D eigenvalue weighted by molar-refractivity contribution is 5.48. The van der Waals surface area contributed by atoms with Crippen molar-refractivity contribution in [3.8, 4) is 0 Å². The monoisotopic (exact) mass is 246 g/mol. The van der Waals surface area contributed by atoms with Crippen molar-refractivity contribution in [3.05, 3.63) is 29.8 Å². The predicted octanol–water partition coefficient (Wildman–Crippen LogP) is 3.72. The molecular formula is C16H26N2. The summed E-state index contributed by atoms with van der Waals surface area (Å²) in [4.78, 5) is 2.53. The van der Waals surface area contributed by atoms with Gasteiger partial charge in [0.25, 0.3) is 0 Å². The van der Waals surface area contributed by atoms with E-state index in [0.29, 0.717) is 0 Å². The molecule has 0 aliphatic heterocycles. The van der Waals surface area contributed by atoms with Crippen LogP contribution in [0, 0.1) is 5.92 Å². The first kappa shape index (κ1) is 13.4. The molecule has 1 saturated carbocycles. The maximum atomic E-state index is 6.06. The van der Waals surface area contributed by atoms with Crippen molar-refractivity contribution in [2.24, 2.45) is 11.7 Å². The van der Waals surface area contributed by atoms with Crippen molar-refractivity contribution in [3.63, 3.8) is 0 Å². The van der Waals surface area contributed by atoms with Gasteiger partial charge in [-0.3, -0.25) is 0 Å². The molecule has 1 aliphatic rings. The SMILES string of the molecule is CCCN(CC1CC1)c1ccc(C(N)CC)cc1. The van der Waals surface area contributed by atoms with Gasteiger partial charge in [-0.1, -0.05) is 26.0 Å². The third-order valence-electron chi connectivity index (χ3n) is 3.80. The number of nitrogens with zero attached hydrogens (tertiary/aromatic N) is 1. The highest BCUT2D eigenvalue weighted by Gasteiger charge is 2.24. The summed E-state index contributed by atoms with van der Waals surface area (Å²) in [5.41, 5.74) is 8.67. The fourth-order valence-corrected chi connectivity index (χ4v) is 2.38. The van der Waals surface area contributed by atoms with Crippen molar-refractivity contribution in [1.82, 2.24) is 0 Å². The highest BCUT2D eigenvalue weighted by Crippen LogP contribution is 2.31. The van der Waals surface area contributed by atoms with E-state index < -0.39 is 0 Å². The molecule has 0 spiro atoms. The summed E-state index contributed by atoms with van der Waals surface area (Å²) in [6.07, 6.45) is 5.04. The van der Waals surface area contributed by atoms with E-state index in [2.05, 4.69) is 43.0 Å². The maximum absolute atomic E-state index is 6.06.